The maximum absolute atomic E-state index is 5.70. The summed E-state index contributed by atoms with van der Waals surface area (Å²) >= 11 is 1.66. The van der Waals surface area contributed by atoms with Gasteiger partial charge in [-0.15, -0.1) is 0 Å². The van der Waals surface area contributed by atoms with Crippen molar-refractivity contribution in [2.75, 3.05) is 0 Å². The zero-order valence-electron chi connectivity index (χ0n) is 8.10. The van der Waals surface area contributed by atoms with Crippen LogP contribution in [-0.4, -0.2) is 16.0 Å². The van der Waals surface area contributed by atoms with Crippen molar-refractivity contribution in [3.8, 4) is 0 Å². The number of pyridine rings is 1. The summed E-state index contributed by atoms with van der Waals surface area (Å²) in [6.45, 7) is 2.02. The van der Waals surface area contributed by atoms with E-state index < -0.39 is 0 Å². The smallest absolute Gasteiger partial charge is 0.143 e. The van der Waals surface area contributed by atoms with E-state index in [0.29, 0.717) is 0 Å². The van der Waals surface area contributed by atoms with E-state index in [1.807, 2.05) is 19.1 Å². The van der Waals surface area contributed by atoms with E-state index in [-0.39, 0.29) is 6.04 Å². The standard InChI is InChI=1S/C10H13N3S/c1-7(11)4-5-9-13-8-3-2-6-12-10(8)14-9/h2-3,6-7H,4-5,11H2,1H3. The monoisotopic (exact) mass is 207 g/mol. The number of nitrogens with zero attached hydrogens (tertiary/aromatic N) is 2. The minimum absolute atomic E-state index is 0.245. The Balaban J connectivity index is 2.19. The van der Waals surface area contributed by atoms with Gasteiger partial charge in [-0.3, -0.25) is 0 Å². The summed E-state index contributed by atoms with van der Waals surface area (Å²) in [5.41, 5.74) is 6.69. The Morgan fingerprint density at radius 3 is 3.14 bits per heavy atom. The van der Waals surface area contributed by atoms with Crippen LogP contribution >= 0.6 is 11.3 Å². The minimum atomic E-state index is 0.245. The molecule has 74 valence electrons. The molecule has 2 rings (SSSR count). The predicted molar refractivity (Wildman–Crippen MR) is 59.4 cm³/mol. The Morgan fingerprint density at radius 1 is 1.57 bits per heavy atom. The van der Waals surface area contributed by atoms with Gasteiger partial charge in [0.1, 0.15) is 10.3 Å². The van der Waals surface area contributed by atoms with Gasteiger partial charge in [0.05, 0.1) is 5.01 Å². The van der Waals surface area contributed by atoms with Crippen LogP contribution in [0.1, 0.15) is 18.4 Å². The Bertz CT molecular complexity index is 389. The maximum atomic E-state index is 5.70. The normalized spacial score (nSPS) is 13.3. The molecule has 0 amide bonds. The molecule has 0 bridgehead atoms. The molecule has 0 aromatic carbocycles. The zero-order chi connectivity index (χ0) is 9.97. The fourth-order valence-electron chi connectivity index (χ4n) is 1.27. The molecule has 0 saturated heterocycles. The lowest BCUT2D eigenvalue weighted by Gasteiger charge is -2.00. The summed E-state index contributed by atoms with van der Waals surface area (Å²) in [6, 6.07) is 4.15. The predicted octanol–water partition coefficient (Wildman–Crippen LogP) is 1.97. The van der Waals surface area contributed by atoms with Gasteiger partial charge in [0, 0.05) is 18.7 Å². The molecule has 0 spiro atoms. The van der Waals surface area contributed by atoms with Crippen molar-refractivity contribution in [3.63, 3.8) is 0 Å². The first kappa shape index (κ1) is 9.55. The topological polar surface area (TPSA) is 51.8 Å². The number of nitrogens with two attached hydrogens (primary N) is 1. The molecule has 3 nitrogen and oxygen atoms in total. The van der Waals surface area contributed by atoms with Crippen LogP contribution in [-0.2, 0) is 6.42 Å². The summed E-state index contributed by atoms with van der Waals surface area (Å²) in [5.74, 6) is 0. The quantitative estimate of drug-likeness (QED) is 0.837. The lowest BCUT2D eigenvalue weighted by Crippen LogP contribution is -2.15. The first-order valence-electron chi connectivity index (χ1n) is 4.72. The van der Waals surface area contributed by atoms with Crippen LogP contribution in [0.15, 0.2) is 18.3 Å². The lowest BCUT2D eigenvalue weighted by atomic mass is 10.2. The van der Waals surface area contributed by atoms with Crippen molar-refractivity contribution in [1.29, 1.82) is 0 Å². The Labute approximate surface area is 87.0 Å². The van der Waals surface area contributed by atoms with Crippen molar-refractivity contribution in [3.05, 3.63) is 23.3 Å². The highest BCUT2D eigenvalue weighted by Gasteiger charge is 2.04. The van der Waals surface area contributed by atoms with Crippen LogP contribution < -0.4 is 5.73 Å². The summed E-state index contributed by atoms with van der Waals surface area (Å²) in [5, 5.41) is 1.14. The molecule has 0 radical (unpaired) electrons. The summed E-state index contributed by atoms with van der Waals surface area (Å²) < 4.78 is 0. The molecule has 4 heteroatoms. The summed E-state index contributed by atoms with van der Waals surface area (Å²) in [7, 11) is 0. The van der Waals surface area contributed by atoms with Crippen LogP contribution in [0.3, 0.4) is 0 Å². The summed E-state index contributed by atoms with van der Waals surface area (Å²) in [6.07, 6.45) is 3.74. The first-order chi connectivity index (χ1) is 6.75. The highest BCUT2D eigenvalue weighted by molar-refractivity contribution is 7.18. The number of aromatic nitrogens is 2. The first-order valence-corrected chi connectivity index (χ1v) is 5.53. The molecule has 0 fully saturated rings. The highest BCUT2D eigenvalue weighted by atomic mass is 32.1. The average molecular weight is 207 g/mol. The molecule has 2 N–H and O–H groups in total. The van der Waals surface area contributed by atoms with Crippen LogP contribution in [0.4, 0.5) is 0 Å². The maximum Gasteiger partial charge on any atom is 0.143 e. The van der Waals surface area contributed by atoms with Crippen molar-refractivity contribution in [2.24, 2.45) is 5.73 Å². The Hall–Kier alpha value is -1.00. The van der Waals surface area contributed by atoms with Crippen LogP contribution in [0.5, 0.6) is 0 Å². The van der Waals surface area contributed by atoms with E-state index in [1.165, 1.54) is 0 Å². The van der Waals surface area contributed by atoms with E-state index in [1.54, 1.807) is 17.5 Å². The average Bonchev–Trinajstić information content (AvgIpc) is 2.57. The molecule has 0 aliphatic carbocycles. The third kappa shape index (κ3) is 2.08. The molecule has 2 aromatic heterocycles. The molecule has 1 atom stereocenters. The highest BCUT2D eigenvalue weighted by Crippen LogP contribution is 2.20. The minimum Gasteiger partial charge on any atom is -0.328 e. The summed E-state index contributed by atoms with van der Waals surface area (Å²) in [4.78, 5) is 9.76. The van der Waals surface area contributed by atoms with Gasteiger partial charge in [-0.2, -0.15) is 0 Å². The van der Waals surface area contributed by atoms with E-state index >= 15 is 0 Å². The number of fused-ring (bicyclic) bond motifs is 1. The number of hydrogen-bond donors (Lipinski definition) is 1. The largest absolute Gasteiger partial charge is 0.328 e. The van der Waals surface area contributed by atoms with Crippen molar-refractivity contribution >= 4 is 21.7 Å². The third-order valence-electron chi connectivity index (χ3n) is 2.02. The lowest BCUT2D eigenvalue weighted by molar-refractivity contribution is 0.665. The van der Waals surface area contributed by atoms with Gasteiger partial charge in [0.2, 0.25) is 0 Å². The SMILES string of the molecule is CC(N)CCc1nc2cccnc2s1. The van der Waals surface area contributed by atoms with Crippen molar-refractivity contribution in [1.82, 2.24) is 9.97 Å². The van der Waals surface area contributed by atoms with Gasteiger partial charge >= 0.3 is 0 Å². The van der Waals surface area contributed by atoms with Crippen molar-refractivity contribution < 1.29 is 0 Å². The molecule has 2 heterocycles. The molecule has 14 heavy (non-hydrogen) atoms. The third-order valence-corrected chi connectivity index (χ3v) is 3.06. The van der Waals surface area contributed by atoms with Crippen LogP contribution in [0, 0.1) is 0 Å². The van der Waals surface area contributed by atoms with E-state index in [4.69, 9.17) is 5.73 Å². The molecular weight excluding hydrogens is 194 g/mol. The molecular formula is C10H13N3S. The van der Waals surface area contributed by atoms with E-state index in [9.17, 15) is 0 Å². The molecule has 1 unspecified atom stereocenters. The fourth-order valence-corrected chi connectivity index (χ4v) is 2.19. The van der Waals surface area contributed by atoms with Gasteiger partial charge in [-0.25, -0.2) is 9.97 Å². The molecule has 2 aromatic rings. The number of rotatable bonds is 3. The van der Waals surface area contributed by atoms with Gasteiger partial charge in [0.15, 0.2) is 0 Å². The Morgan fingerprint density at radius 2 is 2.43 bits per heavy atom. The molecule has 0 aliphatic heterocycles. The van der Waals surface area contributed by atoms with E-state index in [2.05, 4.69) is 9.97 Å². The second-order valence-electron chi connectivity index (χ2n) is 3.45. The molecule has 0 saturated carbocycles. The fraction of sp³-hybridized carbons (Fsp3) is 0.400. The second kappa shape index (κ2) is 4.02. The zero-order valence-corrected chi connectivity index (χ0v) is 8.92. The van der Waals surface area contributed by atoms with Gasteiger partial charge in [-0.1, -0.05) is 11.3 Å². The van der Waals surface area contributed by atoms with Gasteiger partial charge in [-0.05, 0) is 25.5 Å². The van der Waals surface area contributed by atoms with Crippen LogP contribution in [0.25, 0.3) is 10.3 Å². The number of aryl methyl sites for hydroxylation is 1. The van der Waals surface area contributed by atoms with E-state index in [0.717, 1.165) is 28.2 Å². The molecule has 0 aliphatic rings. The van der Waals surface area contributed by atoms with Crippen molar-refractivity contribution in [2.45, 2.75) is 25.8 Å². The van der Waals surface area contributed by atoms with Gasteiger partial charge < -0.3 is 5.73 Å². The Kier molecular flexibility index (Phi) is 2.74. The second-order valence-corrected chi connectivity index (χ2v) is 4.51. The number of hydrogen-bond acceptors (Lipinski definition) is 4. The van der Waals surface area contributed by atoms with Crippen LogP contribution in [0.2, 0.25) is 0 Å². The van der Waals surface area contributed by atoms with Gasteiger partial charge in [0.25, 0.3) is 0 Å². The number of thiazole rings is 1.